The van der Waals surface area contributed by atoms with Gasteiger partial charge in [-0.3, -0.25) is 24.3 Å². The Morgan fingerprint density at radius 2 is 1.06 bits per heavy atom. The summed E-state index contributed by atoms with van der Waals surface area (Å²) in [7, 11) is 0. The molecule has 48 heavy (non-hydrogen) atoms. The number of nitrogens with zero attached hydrogens (tertiary/aromatic N) is 3. The summed E-state index contributed by atoms with van der Waals surface area (Å²) in [5.41, 5.74) is 3.94. The molecule has 0 aromatic heterocycles. The van der Waals surface area contributed by atoms with E-state index in [1.807, 2.05) is 90.1 Å². The van der Waals surface area contributed by atoms with E-state index < -0.39 is 23.3 Å². The van der Waals surface area contributed by atoms with Crippen LogP contribution in [0.15, 0.2) is 72.8 Å². The molecule has 3 aliphatic heterocycles. The van der Waals surface area contributed by atoms with Crippen LogP contribution in [0.2, 0.25) is 0 Å². The van der Waals surface area contributed by atoms with E-state index in [2.05, 4.69) is 0 Å². The normalized spacial score (nSPS) is 18.7. The van der Waals surface area contributed by atoms with Gasteiger partial charge in [-0.05, 0) is 88.8 Å². The predicted octanol–water partition coefficient (Wildman–Crippen LogP) is 6.33. The maximum atomic E-state index is 12.9. The molecule has 6 rings (SSSR count). The molecular weight excluding hydrogens is 610 g/mol. The average Bonchev–Trinajstić information content (AvgIpc) is 3.27. The summed E-state index contributed by atoms with van der Waals surface area (Å²) >= 11 is 0. The number of hydrogen-bond acceptors (Lipinski definition) is 7. The fraction of sp³-hybridized carbons (Fsp3) is 0.421. The molecule has 0 saturated heterocycles. The van der Waals surface area contributed by atoms with Gasteiger partial charge >= 0.3 is 12.2 Å². The Hall–Kier alpha value is -4.70. The Bertz CT molecular complexity index is 1650. The van der Waals surface area contributed by atoms with Gasteiger partial charge in [-0.1, -0.05) is 60.7 Å². The van der Waals surface area contributed by atoms with E-state index in [1.165, 1.54) is 10.5 Å². The van der Waals surface area contributed by atoms with Crippen molar-refractivity contribution >= 4 is 24.0 Å². The lowest BCUT2D eigenvalue weighted by Crippen LogP contribution is -2.48. The summed E-state index contributed by atoms with van der Waals surface area (Å²) in [6.45, 7) is 12.1. The molecule has 2 atom stereocenters. The maximum Gasteiger partial charge on any atom is 0.410 e. The van der Waals surface area contributed by atoms with E-state index in [1.54, 1.807) is 34.1 Å². The van der Waals surface area contributed by atoms with Crippen molar-refractivity contribution in [3.8, 4) is 0 Å². The fourth-order valence-corrected chi connectivity index (χ4v) is 6.35. The molecule has 3 aromatic rings. The Labute approximate surface area is 282 Å². The molecule has 254 valence electrons. The minimum atomic E-state index is -0.631. The molecule has 0 aliphatic carbocycles. The van der Waals surface area contributed by atoms with Crippen molar-refractivity contribution in [2.75, 3.05) is 26.2 Å². The van der Waals surface area contributed by atoms with Gasteiger partial charge in [0.15, 0.2) is 0 Å². The summed E-state index contributed by atoms with van der Waals surface area (Å²) in [6.07, 6.45) is 0.703. The first-order chi connectivity index (χ1) is 22.7. The number of ether oxygens (including phenoxy) is 2. The molecule has 0 saturated carbocycles. The second-order valence-electron chi connectivity index (χ2n) is 14.2. The smallest absolute Gasteiger partial charge is 0.410 e. The summed E-state index contributed by atoms with van der Waals surface area (Å²) in [4.78, 5) is 55.3. The van der Waals surface area contributed by atoms with Gasteiger partial charge in [0.05, 0.1) is 36.4 Å². The van der Waals surface area contributed by atoms with Gasteiger partial charge in [-0.15, -0.1) is 0 Å². The quantitative estimate of drug-likeness (QED) is 0.328. The van der Waals surface area contributed by atoms with Crippen molar-refractivity contribution < 1.29 is 33.8 Å². The average molecular weight is 656 g/mol. The second-order valence-corrected chi connectivity index (χ2v) is 14.2. The molecular formula is C38H45N3O7. The molecule has 4 amide bonds. The number of hydrogen-bond donors (Lipinski definition) is 1. The second kappa shape index (κ2) is 13.8. The largest absolute Gasteiger partial charge is 0.444 e. The first-order valence-electron chi connectivity index (χ1n) is 16.4. The first-order valence-corrected chi connectivity index (χ1v) is 16.4. The molecule has 0 radical (unpaired) electrons. The van der Waals surface area contributed by atoms with Crippen LogP contribution in [0.25, 0.3) is 0 Å². The number of aliphatic hydroxyl groups is 1. The molecule has 10 heteroatoms. The number of carbonyl (C=O) groups excluding carboxylic acids is 4. The Kier molecular flexibility index (Phi) is 9.96. The molecule has 0 unspecified atom stereocenters. The lowest BCUT2D eigenvalue weighted by molar-refractivity contribution is 0.00681. The fourth-order valence-electron chi connectivity index (χ4n) is 6.35. The molecule has 1 N–H and O–H groups in total. The van der Waals surface area contributed by atoms with Gasteiger partial charge in [0, 0.05) is 13.1 Å². The number of benzene rings is 3. The maximum absolute atomic E-state index is 12.9. The van der Waals surface area contributed by atoms with Crippen molar-refractivity contribution in [3.05, 3.63) is 106 Å². The third-order valence-electron chi connectivity index (χ3n) is 8.49. The van der Waals surface area contributed by atoms with Crippen molar-refractivity contribution in [1.82, 2.24) is 14.7 Å². The number of imide groups is 1. The molecule has 0 bridgehead atoms. The first kappa shape index (κ1) is 34.6. The molecule has 3 aromatic carbocycles. The Balaban J connectivity index is 0.000000206. The van der Waals surface area contributed by atoms with Gasteiger partial charge in [-0.25, -0.2) is 9.59 Å². The van der Waals surface area contributed by atoms with Crippen LogP contribution in [0.5, 0.6) is 0 Å². The SMILES string of the molecule is CC(C)(C)OC(=O)N1CCc2ccccc2[C@@H]1CN1C(=O)c2ccccc2C1=O.CC(C)(C)OC(=O)N1CCc2ccccc2[C@@H]1CO. The van der Waals surface area contributed by atoms with E-state index in [0.29, 0.717) is 30.6 Å². The molecule has 3 aliphatic rings. The van der Waals surface area contributed by atoms with Crippen LogP contribution in [0.4, 0.5) is 9.59 Å². The van der Waals surface area contributed by atoms with E-state index in [4.69, 9.17) is 9.47 Å². The highest BCUT2D eigenvalue weighted by molar-refractivity contribution is 6.21. The summed E-state index contributed by atoms with van der Waals surface area (Å²) < 4.78 is 11.0. The van der Waals surface area contributed by atoms with Crippen LogP contribution in [0.3, 0.4) is 0 Å². The topological polar surface area (TPSA) is 117 Å². The number of carbonyl (C=O) groups is 4. The van der Waals surface area contributed by atoms with Crippen LogP contribution in [0.1, 0.15) is 96.6 Å². The van der Waals surface area contributed by atoms with Gasteiger partial charge < -0.3 is 14.6 Å². The van der Waals surface area contributed by atoms with E-state index in [9.17, 15) is 24.3 Å². The van der Waals surface area contributed by atoms with Crippen LogP contribution < -0.4 is 0 Å². The minimum absolute atomic E-state index is 0.0870. The monoisotopic (exact) mass is 655 g/mol. The van der Waals surface area contributed by atoms with Crippen molar-refractivity contribution in [2.45, 2.75) is 77.7 Å². The highest BCUT2D eigenvalue weighted by Crippen LogP contribution is 2.34. The number of amides is 4. The molecule has 0 fully saturated rings. The highest BCUT2D eigenvalue weighted by Gasteiger charge is 2.41. The van der Waals surface area contributed by atoms with E-state index in [0.717, 1.165) is 23.1 Å². The standard InChI is InChI=1S/C23H24N2O4.C15H21NO3/c1-23(2,3)29-22(28)24-13-12-15-8-4-5-9-16(15)19(24)14-25-20(26)17-10-6-7-11-18(17)21(25)27;1-15(2,3)19-14(18)16-9-8-11-6-4-5-7-12(11)13(16)10-17/h4-11,19H,12-14H2,1-3H3;4-7,13,17H,8-10H2,1-3H3/t19-;13-/m00/s1. The van der Waals surface area contributed by atoms with Crippen molar-refractivity contribution in [3.63, 3.8) is 0 Å². The molecule has 3 heterocycles. The van der Waals surface area contributed by atoms with E-state index in [-0.39, 0.29) is 37.1 Å². The van der Waals surface area contributed by atoms with Crippen molar-refractivity contribution in [2.24, 2.45) is 0 Å². The van der Waals surface area contributed by atoms with E-state index >= 15 is 0 Å². The van der Waals surface area contributed by atoms with Crippen LogP contribution in [-0.2, 0) is 22.3 Å². The van der Waals surface area contributed by atoms with Gasteiger partial charge in [0.2, 0.25) is 0 Å². The summed E-state index contributed by atoms with van der Waals surface area (Å²) in [5, 5.41) is 9.61. The van der Waals surface area contributed by atoms with Gasteiger partial charge in [0.1, 0.15) is 11.2 Å². The summed E-state index contributed by atoms with van der Waals surface area (Å²) in [5.74, 6) is -0.643. The highest BCUT2D eigenvalue weighted by atomic mass is 16.6. The van der Waals surface area contributed by atoms with Gasteiger partial charge in [0.25, 0.3) is 11.8 Å². The lowest BCUT2D eigenvalue weighted by atomic mass is 9.92. The zero-order valence-electron chi connectivity index (χ0n) is 28.6. The Morgan fingerprint density at radius 1 is 0.667 bits per heavy atom. The molecule has 10 nitrogen and oxygen atoms in total. The number of fused-ring (bicyclic) bond motifs is 3. The van der Waals surface area contributed by atoms with Crippen molar-refractivity contribution in [1.29, 1.82) is 0 Å². The minimum Gasteiger partial charge on any atom is -0.444 e. The number of rotatable bonds is 3. The third kappa shape index (κ3) is 7.54. The van der Waals surface area contributed by atoms with Crippen LogP contribution in [0, 0.1) is 0 Å². The number of aliphatic hydroxyl groups excluding tert-OH is 1. The lowest BCUT2D eigenvalue weighted by Gasteiger charge is -2.39. The Morgan fingerprint density at radius 3 is 1.50 bits per heavy atom. The predicted molar refractivity (Wildman–Crippen MR) is 181 cm³/mol. The molecule has 0 spiro atoms. The van der Waals surface area contributed by atoms with Gasteiger partial charge in [-0.2, -0.15) is 0 Å². The summed E-state index contributed by atoms with van der Waals surface area (Å²) in [6, 6.07) is 21.8. The van der Waals surface area contributed by atoms with Crippen LogP contribution >= 0.6 is 0 Å². The van der Waals surface area contributed by atoms with Crippen LogP contribution in [-0.4, -0.2) is 81.3 Å². The zero-order valence-corrected chi connectivity index (χ0v) is 28.6. The zero-order chi connectivity index (χ0) is 34.8. The third-order valence-corrected chi connectivity index (χ3v) is 8.49.